The first kappa shape index (κ1) is 12.5. The minimum atomic E-state index is 0.450. The number of alkyl halides is 1. The van der Waals surface area contributed by atoms with Gasteiger partial charge >= 0.3 is 0 Å². The van der Waals surface area contributed by atoms with Crippen LogP contribution in [-0.2, 0) is 4.74 Å². The Kier molecular flexibility index (Phi) is 6.11. The maximum Gasteiger partial charge on any atom is 0.0530 e. The molecular weight excluding hydrogens is 240 g/mol. The van der Waals surface area contributed by atoms with E-state index in [2.05, 4.69) is 22.9 Å². The Morgan fingerprint density at radius 1 is 1.14 bits per heavy atom. The maximum atomic E-state index is 5.74. The van der Waals surface area contributed by atoms with Crippen molar-refractivity contribution >= 4 is 15.9 Å². The molecule has 1 fully saturated rings. The molecule has 0 aromatic carbocycles. The predicted octanol–water partition coefficient (Wildman–Crippen LogP) is 4.15. The van der Waals surface area contributed by atoms with E-state index in [1.54, 1.807) is 0 Å². The molecule has 1 saturated carbocycles. The molecule has 0 amide bonds. The molecule has 0 radical (unpaired) electrons. The summed E-state index contributed by atoms with van der Waals surface area (Å²) in [6.07, 6.45) is 9.45. The summed E-state index contributed by atoms with van der Waals surface area (Å²) in [5.74, 6) is 0. The van der Waals surface area contributed by atoms with Crippen LogP contribution in [0.15, 0.2) is 0 Å². The van der Waals surface area contributed by atoms with E-state index < -0.39 is 0 Å². The largest absolute Gasteiger partial charge is 0.381 e. The molecule has 0 N–H and O–H groups in total. The third kappa shape index (κ3) is 3.90. The van der Waals surface area contributed by atoms with E-state index in [-0.39, 0.29) is 0 Å². The average molecular weight is 263 g/mol. The van der Waals surface area contributed by atoms with E-state index in [0.717, 1.165) is 25.0 Å². The Labute approximate surface area is 96.7 Å². The number of hydrogen-bond acceptors (Lipinski definition) is 1. The first-order valence-electron chi connectivity index (χ1n) is 5.97. The van der Waals surface area contributed by atoms with Crippen molar-refractivity contribution in [3.8, 4) is 0 Å². The number of ether oxygens (including phenoxy) is 1. The molecular formula is C12H23BrO. The highest BCUT2D eigenvalue weighted by molar-refractivity contribution is 9.09. The Bertz CT molecular complexity index is 139. The van der Waals surface area contributed by atoms with Crippen LogP contribution in [-0.4, -0.2) is 18.5 Å². The van der Waals surface area contributed by atoms with Gasteiger partial charge in [0.2, 0.25) is 0 Å². The summed E-state index contributed by atoms with van der Waals surface area (Å²) < 4.78 is 5.74. The predicted molar refractivity (Wildman–Crippen MR) is 65.0 cm³/mol. The molecule has 0 atom stereocenters. The van der Waals surface area contributed by atoms with Gasteiger partial charge in [0.05, 0.1) is 6.61 Å². The van der Waals surface area contributed by atoms with E-state index in [0.29, 0.717) is 5.41 Å². The van der Waals surface area contributed by atoms with Gasteiger partial charge in [-0.05, 0) is 19.3 Å². The smallest absolute Gasteiger partial charge is 0.0530 e. The van der Waals surface area contributed by atoms with E-state index >= 15 is 0 Å². The maximum absolute atomic E-state index is 5.74. The van der Waals surface area contributed by atoms with Gasteiger partial charge in [-0.2, -0.15) is 0 Å². The van der Waals surface area contributed by atoms with Crippen molar-refractivity contribution in [2.45, 2.75) is 51.9 Å². The third-order valence-electron chi connectivity index (χ3n) is 3.20. The highest BCUT2D eigenvalue weighted by Gasteiger charge is 2.29. The molecule has 14 heavy (non-hydrogen) atoms. The first-order valence-corrected chi connectivity index (χ1v) is 7.09. The van der Waals surface area contributed by atoms with Crippen molar-refractivity contribution in [2.75, 3.05) is 18.5 Å². The van der Waals surface area contributed by atoms with Crippen molar-refractivity contribution in [1.29, 1.82) is 0 Å². The van der Waals surface area contributed by atoms with Crippen LogP contribution in [0.25, 0.3) is 0 Å². The monoisotopic (exact) mass is 262 g/mol. The van der Waals surface area contributed by atoms with Gasteiger partial charge in [0, 0.05) is 17.4 Å². The molecule has 0 aliphatic heterocycles. The SMILES string of the molecule is CCCOCC1(CBr)CCCCCC1. The Morgan fingerprint density at radius 3 is 2.29 bits per heavy atom. The summed E-state index contributed by atoms with van der Waals surface area (Å²) >= 11 is 3.67. The van der Waals surface area contributed by atoms with Crippen LogP contribution < -0.4 is 0 Å². The lowest BCUT2D eigenvalue weighted by Gasteiger charge is -2.30. The van der Waals surface area contributed by atoms with Gasteiger partial charge < -0.3 is 4.74 Å². The minimum absolute atomic E-state index is 0.450. The second-order valence-electron chi connectivity index (χ2n) is 4.60. The average Bonchev–Trinajstić information content (AvgIpc) is 2.45. The molecule has 1 aliphatic carbocycles. The summed E-state index contributed by atoms with van der Waals surface area (Å²) in [5, 5.41) is 1.11. The van der Waals surface area contributed by atoms with E-state index in [1.165, 1.54) is 38.5 Å². The summed E-state index contributed by atoms with van der Waals surface area (Å²) in [5.41, 5.74) is 0.450. The van der Waals surface area contributed by atoms with Crippen molar-refractivity contribution in [3.05, 3.63) is 0 Å². The summed E-state index contributed by atoms with van der Waals surface area (Å²) in [4.78, 5) is 0. The lowest BCUT2D eigenvalue weighted by atomic mass is 9.83. The van der Waals surface area contributed by atoms with Gasteiger partial charge in [0.15, 0.2) is 0 Å². The summed E-state index contributed by atoms with van der Waals surface area (Å²) in [6.45, 7) is 4.06. The molecule has 0 aromatic heterocycles. The van der Waals surface area contributed by atoms with Crippen LogP contribution >= 0.6 is 15.9 Å². The van der Waals surface area contributed by atoms with Gasteiger partial charge in [0.25, 0.3) is 0 Å². The van der Waals surface area contributed by atoms with Crippen molar-refractivity contribution < 1.29 is 4.74 Å². The molecule has 0 saturated heterocycles. The molecule has 2 heteroatoms. The molecule has 1 aliphatic rings. The Morgan fingerprint density at radius 2 is 1.79 bits per heavy atom. The second-order valence-corrected chi connectivity index (χ2v) is 5.16. The zero-order valence-corrected chi connectivity index (χ0v) is 10.9. The van der Waals surface area contributed by atoms with Crippen LogP contribution in [0, 0.1) is 5.41 Å². The molecule has 1 nitrogen and oxygen atoms in total. The minimum Gasteiger partial charge on any atom is -0.381 e. The van der Waals surface area contributed by atoms with Gasteiger partial charge in [-0.3, -0.25) is 0 Å². The fourth-order valence-electron chi connectivity index (χ4n) is 2.23. The van der Waals surface area contributed by atoms with Crippen LogP contribution in [0.1, 0.15) is 51.9 Å². The lowest BCUT2D eigenvalue weighted by molar-refractivity contribution is 0.0479. The van der Waals surface area contributed by atoms with E-state index in [4.69, 9.17) is 4.74 Å². The number of rotatable bonds is 5. The molecule has 0 bridgehead atoms. The van der Waals surface area contributed by atoms with Gasteiger partial charge in [0.1, 0.15) is 0 Å². The fourth-order valence-corrected chi connectivity index (χ4v) is 2.95. The Balaban J connectivity index is 2.37. The molecule has 1 rings (SSSR count). The van der Waals surface area contributed by atoms with Crippen molar-refractivity contribution in [1.82, 2.24) is 0 Å². The van der Waals surface area contributed by atoms with Gasteiger partial charge in [-0.1, -0.05) is 48.5 Å². The van der Waals surface area contributed by atoms with Gasteiger partial charge in [-0.25, -0.2) is 0 Å². The second kappa shape index (κ2) is 6.84. The quantitative estimate of drug-likeness (QED) is 0.411. The first-order chi connectivity index (χ1) is 6.83. The highest BCUT2D eigenvalue weighted by atomic mass is 79.9. The van der Waals surface area contributed by atoms with E-state index in [1.807, 2.05) is 0 Å². The number of halogens is 1. The van der Waals surface area contributed by atoms with Crippen LogP contribution in [0.4, 0.5) is 0 Å². The van der Waals surface area contributed by atoms with Crippen LogP contribution in [0.5, 0.6) is 0 Å². The molecule has 84 valence electrons. The van der Waals surface area contributed by atoms with E-state index in [9.17, 15) is 0 Å². The fraction of sp³-hybridized carbons (Fsp3) is 1.00. The van der Waals surface area contributed by atoms with Crippen molar-refractivity contribution in [3.63, 3.8) is 0 Å². The molecule has 0 heterocycles. The van der Waals surface area contributed by atoms with Crippen LogP contribution in [0.2, 0.25) is 0 Å². The molecule has 0 aromatic rings. The zero-order valence-electron chi connectivity index (χ0n) is 9.36. The van der Waals surface area contributed by atoms with Gasteiger partial charge in [-0.15, -0.1) is 0 Å². The van der Waals surface area contributed by atoms with Crippen molar-refractivity contribution in [2.24, 2.45) is 5.41 Å². The lowest BCUT2D eigenvalue weighted by Crippen LogP contribution is -2.28. The summed E-state index contributed by atoms with van der Waals surface area (Å²) in [7, 11) is 0. The summed E-state index contributed by atoms with van der Waals surface area (Å²) in [6, 6.07) is 0. The zero-order chi connectivity index (χ0) is 10.3. The third-order valence-corrected chi connectivity index (χ3v) is 4.39. The number of hydrogen-bond donors (Lipinski definition) is 0. The Hall–Kier alpha value is 0.440. The highest BCUT2D eigenvalue weighted by Crippen LogP contribution is 2.36. The molecule has 0 spiro atoms. The van der Waals surface area contributed by atoms with Crippen LogP contribution in [0.3, 0.4) is 0 Å². The molecule has 0 unspecified atom stereocenters. The normalized spacial score (nSPS) is 21.9. The topological polar surface area (TPSA) is 9.23 Å². The standard InChI is InChI=1S/C12H23BrO/c1-2-9-14-11-12(10-13)7-5-3-4-6-8-12/h2-11H2,1H3.